The van der Waals surface area contributed by atoms with Crippen LogP contribution in [0.1, 0.15) is 24.1 Å². The van der Waals surface area contributed by atoms with Crippen LogP contribution in [-0.2, 0) is 22.5 Å². The highest BCUT2D eigenvalue weighted by atomic mass is 16.5. The maximum absolute atomic E-state index is 11.1. The lowest BCUT2D eigenvalue weighted by Crippen LogP contribution is -2.57. The highest BCUT2D eigenvalue weighted by Gasteiger charge is 2.46. The number of anilines is 1. The number of ether oxygens (including phenoxy) is 1. The third-order valence-electron chi connectivity index (χ3n) is 5.79. The summed E-state index contributed by atoms with van der Waals surface area (Å²) < 4.78 is 4.62. The van der Waals surface area contributed by atoms with Crippen LogP contribution >= 0.6 is 0 Å². The van der Waals surface area contributed by atoms with Gasteiger partial charge in [0.05, 0.1) is 12.8 Å². The molecule has 2 fully saturated rings. The molecule has 6 heteroatoms. The van der Waals surface area contributed by atoms with Gasteiger partial charge in [0.25, 0.3) is 0 Å². The Morgan fingerprint density at radius 1 is 1.35 bits per heavy atom. The molecule has 0 saturated carbocycles. The Morgan fingerprint density at radius 3 is 3.04 bits per heavy atom. The summed E-state index contributed by atoms with van der Waals surface area (Å²) in [4.78, 5) is 20.9. The maximum Gasteiger partial charge on any atom is 0.330 e. The van der Waals surface area contributed by atoms with Crippen molar-refractivity contribution < 1.29 is 9.53 Å². The van der Waals surface area contributed by atoms with Crippen LogP contribution in [0, 0.1) is 5.41 Å². The molecular formula is C20H28N4O2. The van der Waals surface area contributed by atoms with Gasteiger partial charge in [-0.05, 0) is 37.4 Å². The van der Waals surface area contributed by atoms with Gasteiger partial charge in [-0.3, -0.25) is 9.80 Å². The van der Waals surface area contributed by atoms with E-state index in [2.05, 4.69) is 32.0 Å². The third kappa shape index (κ3) is 3.76. The second kappa shape index (κ2) is 7.37. The first kappa shape index (κ1) is 17.5. The SMILES string of the molecule is COC(=O)/C=C/CN1CC2(CCN(Cc3ccc4c(n3)NCCC4)C2)C1. The minimum absolute atomic E-state index is 0.278. The Kier molecular flexibility index (Phi) is 4.96. The summed E-state index contributed by atoms with van der Waals surface area (Å²) in [6, 6.07) is 4.44. The minimum atomic E-state index is -0.278. The number of hydrogen-bond acceptors (Lipinski definition) is 6. The van der Waals surface area contributed by atoms with Gasteiger partial charge in [-0.25, -0.2) is 9.78 Å². The van der Waals surface area contributed by atoms with E-state index in [9.17, 15) is 4.79 Å². The summed E-state index contributed by atoms with van der Waals surface area (Å²) in [7, 11) is 1.41. The van der Waals surface area contributed by atoms with Gasteiger partial charge in [0, 0.05) is 50.8 Å². The molecule has 1 aromatic rings. The van der Waals surface area contributed by atoms with Crippen LogP contribution in [0.5, 0.6) is 0 Å². The van der Waals surface area contributed by atoms with E-state index in [-0.39, 0.29) is 5.97 Å². The fourth-order valence-corrected chi connectivity index (χ4v) is 4.50. The molecule has 0 radical (unpaired) electrons. The van der Waals surface area contributed by atoms with Crippen molar-refractivity contribution in [3.63, 3.8) is 0 Å². The lowest BCUT2D eigenvalue weighted by atomic mass is 9.79. The molecule has 4 heterocycles. The van der Waals surface area contributed by atoms with E-state index < -0.39 is 0 Å². The first-order valence-electron chi connectivity index (χ1n) is 9.58. The van der Waals surface area contributed by atoms with Gasteiger partial charge in [-0.1, -0.05) is 12.1 Å². The number of likely N-dealkylation sites (tertiary alicyclic amines) is 2. The molecule has 6 nitrogen and oxygen atoms in total. The van der Waals surface area contributed by atoms with Gasteiger partial charge < -0.3 is 10.1 Å². The molecule has 0 bridgehead atoms. The van der Waals surface area contributed by atoms with Crippen molar-refractivity contribution in [2.24, 2.45) is 5.41 Å². The van der Waals surface area contributed by atoms with Gasteiger partial charge >= 0.3 is 5.97 Å². The second-order valence-corrected chi connectivity index (χ2v) is 7.90. The average molecular weight is 356 g/mol. The molecular weight excluding hydrogens is 328 g/mol. The number of methoxy groups -OCH3 is 1. The monoisotopic (exact) mass is 356 g/mol. The number of pyridine rings is 1. The summed E-state index contributed by atoms with van der Waals surface area (Å²) in [5.74, 6) is 0.814. The number of aryl methyl sites for hydroxylation is 1. The number of hydrogen-bond donors (Lipinski definition) is 1. The first-order chi connectivity index (χ1) is 12.7. The van der Waals surface area contributed by atoms with E-state index >= 15 is 0 Å². The predicted molar refractivity (Wildman–Crippen MR) is 101 cm³/mol. The van der Waals surface area contributed by atoms with E-state index in [1.807, 2.05) is 6.08 Å². The number of esters is 1. The molecule has 3 aliphatic heterocycles. The molecule has 4 rings (SSSR count). The zero-order chi connectivity index (χ0) is 18.0. The lowest BCUT2D eigenvalue weighted by Gasteiger charge is -2.48. The smallest absolute Gasteiger partial charge is 0.330 e. The van der Waals surface area contributed by atoms with Gasteiger partial charge in [0.15, 0.2) is 0 Å². The molecule has 1 spiro atoms. The Labute approximate surface area is 155 Å². The number of carbonyl (C=O) groups excluding carboxylic acids is 1. The van der Waals surface area contributed by atoms with Crippen LogP contribution in [0.15, 0.2) is 24.3 Å². The standard InChI is InChI=1S/C20H28N4O2/c1-26-18(25)5-3-10-24-14-20(15-24)8-11-23(13-20)12-17-7-6-16-4-2-9-21-19(16)22-17/h3,5-7H,2,4,8-15H2,1H3,(H,21,22)/b5-3+. The summed E-state index contributed by atoms with van der Waals surface area (Å²) in [6.45, 7) is 7.35. The van der Waals surface area contributed by atoms with Crippen LogP contribution in [-0.4, -0.2) is 67.1 Å². The number of aromatic nitrogens is 1. The van der Waals surface area contributed by atoms with Crippen molar-refractivity contribution in [1.82, 2.24) is 14.8 Å². The quantitative estimate of drug-likeness (QED) is 0.640. The molecule has 1 N–H and O–H groups in total. The third-order valence-corrected chi connectivity index (χ3v) is 5.79. The van der Waals surface area contributed by atoms with Crippen LogP contribution in [0.4, 0.5) is 5.82 Å². The Morgan fingerprint density at radius 2 is 2.19 bits per heavy atom. The highest BCUT2D eigenvalue weighted by Crippen LogP contribution is 2.39. The fraction of sp³-hybridized carbons (Fsp3) is 0.600. The van der Waals surface area contributed by atoms with Crippen molar-refractivity contribution in [1.29, 1.82) is 0 Å². The maximum atomic E-state index is 11.1. The van der Waals surface area contributed by atoms with Gasteiger partial charge in [-0.15, -0.1) is 0 Å². The first-order valence-corrected chi connectivity index (χ1v) is 9.58. The van der Waals surface area contributed by atoms with Crippen molar-refractivity contribution in [3.8, 4) is 0 Å². The van der Waals surface area contributed by atoms with E-state index in [1.165, 1.54) is 37.3 Å². The second-order valence-electron chi connectivity index (χ2n) is 7.90. The van der Waals surface area contributed by atoms with Crippen LogP contribution in [0.2, 0.25) is 0 Å². The molecule has 2 saturated heterocycles. The molecule has 0 unspecified atom stereocenters. The number of nitrogens with zero attached hydrogens (tertiary/aromatic N) is 3. The van der Waals surface area contributed by atoms with Crippen molar-refractivity contribution >= 4 is 11.8 Å². The zero-order valence-corrected chi connectivity index (χ0v) is 15.5. The molecule has 0 atom stereocenters. The minimum Gasteiger partial charge on any atom is -0.466 e. The van der Waals surface area contributed by atoms with Crippen LogP contribution < -0.4 is 5.32 Å². The van der Waals surface area contributed by atoms with E-state index in [0.29, 0.717) is 5.41 Å². The van der Waals surface area contributed by atoms with E-state index in [0.717, 1.165) is 58.1 Å². The molecule has 0 aliphatic carbocycles. The number of fused-ring (bicyclic) bond motifs is 1. The van der Waals surface area contributed by atoms with Crippen LogP contribution in [0.25, 0.3) is 0 Å². The fourth-order valence-electron chi connectivity index (χ4n) is 4.50. The zero-order valence-electron chi connectivity index (χ0n) is 15.5. The summed E-state index contributed by atoms with van der Waals surface area (Å²) in [5.41, 5.74) is 2.96. The lowest BCUT2D eigenvalue weighted by molar-refractivity contribution is -0.134. The van der Waals surface area contributed by atoms with Crippen molar-refractivity contribution in [2.45, 2.75) is 25.8 Å². The number of rotatable bonds is 5. The Balaban J connectivity index is 1.26. The average Bonchev–Trinajstić information content (AvgIpc) is 3.05. The Bertz CT molecular complexity index is 697. The van der Waals surface area contributed by atoms with Gasteiger partial charge in [0.1, 0.15) is 5.82 Å². The Hall–Kier alpha value is -1.92. The normalized spacial score (nSPS) is 22.2. The van der Waals surface area contributed by atoms with E-state index in [1.54, 1.807) is 0 Å². The molecule has 3 aliphatic rings. The van der Waals surface area contributed by atoms with E-state index in [4.69, 9.17) is 4.98 Å². The summed E-state index contributed by atoms with van der Waals surface area (Å²) >= 11 is 0. The van der Waals surface area contributed by atoms with Gasteiger partial charge in [0.2, 0.25) is 0 Å². The largest absolute Gasteiger partial charge is 0.466 e. The van der Waals surface area contributed by atoms with Gasteiger partial charge in [-0.2, -0.15) is 0 Å². The van der Waals surface area contributed by atoms with Crippen LogP contribution in [0.3, 0.4) is 0 Å². The number of nitrogens with one attached hydrogen (secondary N) is 1. The molecule has 0 aromatic carbocycles. The predicted octanol–water partition coefficient (Wildman–Crippen LogP) is 1.68. The van der Waals surface area contributed by atoms with Crippen molar-refractivity contribution in [3.05, 3.63) is 35.5 Å². The summed E-state index contributed by atoms with van der Waals surface area (Å²) in [6.07, 6.45) is 7.02. The summed E-state index contributed by atoms with van der Waals surface area (Å²) in [5, 5.41) is 3.43. The highest BCUT2D eigenvalue weighted by molar-refractivity contribution is 5.81. The molecule has 140 valence electrons. The van der Waals surface area contributed by atoms with Crippen molar-refractivity contribution in [2.75, 3.05) is 51.7 Å². The molecule has 1 aromatic heterocycles. The topological polar surface area (TPSA) is 57.7 Å². The number of carbonyl (C=O) groups is 1. The molecule has 26 heavy (non-hydrogen) atoms. The molecule has 0 amide bonds.